The minimum Gasteiger partial charge on any atom is -0.493 e. The fraction of sp³-hybridized carbons (Fsp3) is 0.350. The first-order valence-electron chi connectivity index (χ1n) is 8.46. The Labute approximate surface area is 147 Å². The van der Waals surface area contributed by atoms with Gasteiger partial charge in [-0.1, -0.05) is 6.07 Å². The highest BCUT2D eigenvalue weighted by Gasteiger charge is 2.11. The molecule has 1 N–H and O–H groups in total. The molecule has 0 unspecified atom stereocenters. The van der Waals surface area contributed by atoms with Gasteiger partial charge < -0.3 is 19.5 Å². The SMILES string of the molecule is COc1ccc(NC(=O)COc2ccc3c(c2)CCCC3)cc1OC. The lowest BCUT2D eigenvalue weighted by molar-refractivity contribution is -0.118. The van der Waals surface area contributed by atoms with Crippen LogP contribution in [-0.2, 0) is 17.6 Å². The first kappa shape index (κ1) is 17.1. The van der Waals surface area contributed by atoms with Gasteiger partial charge in [-0.15, -0.1) is 0 Å². The van der Waals surface area contributed by atoms with Crippen LogP contribution in [0.5, 0.6) is 17.2 Å². The summed E-state index contributed by atoms with van der Waals surface area (Å²) in [6.07, 6.45) is 4.69. The van der Waals surface area contributed by atoms with E-state index in [1.165, 1.54) is 24.0 Å². The molecule has 132 valence electrons. The Hall–Kier alpha value is -2.69. The summed E-state index contributed by atoms with van der Waals surface area (Å²) in [6.45, 7) is -0.0346. The van der Waals surface area contributed by atoms with Crippen LogP contribution < -0.4 is 19.5 Å². The maximum Gasteiger partial charge on any atom is 0.262 e. The predicted octanol–water partition coefficient (Wildman–Crippen LogP) is 3.60. The third-order valence-electron chi connectivity index (χ3n) is 4.36. The summed E-state index contributed by atoms with van der Waals surface area (Å²) in [5, 5.41) is 2.80. The smallest absolute Gasteiger partial charge is 0.262 e. The fourth-order valence-electron chi connectivity index (χ4n) is 3.06. The number of methoxy groups -OCH3 is 2. The van der Waals surface area contributed by atoms with Gasteiger partial charge in [0.2, 0.25) is 0 Å². The fourth-order valence-corrected chi connectivity index (χ4v) is 3.06. The zero-order valence-corrected chi connectivity index (χ0v) is 14.6. The van der Waals surface area contributed by atoms with Gasteiger partial charge in [-0.25, -0.2) is 0 Å². The lowest BCUT2D eigenvalue weighted by Crippen LogP contribution is -2.20. The molecule has 0 fully saturated rings. The number of amides is 1. The summed E-state index contributed by atoms with van der Waals surface area (Å²) in [5.41, 5.74) is 3.37. The van der Waals surface area contributed by atoms with Crippen molar-refractivity contribution in [1.29, 1.82) is 0 Å². The number of carbonyl (C=O) groups excluding carboxylic acids is 1. The maximum atomic E-state index is 12.1. The topological polar surface area (TPSA) is 56.8 Å². The monoisotopic (exact) mass is 341 g/mol. The Bertz CT molecular complexity index is 757. The molecule has 1 aliphatic carbocycles. The summed E-state index contributed by atoms with van der Waals surface area (Å²) in [5.74, 6) is 1.70. The molecule has 0 saturated carbocycles. The first-order chi connectivity index (χ1) is 12.2. The summed E-state index contributed by atoms with van der Waals surface area (Å²) in [7, 11) is 3.13. The molecule has 2 aromatic rings. The van der Waals surface area contributed by atoms with Gasteiger partial charge in [-0.2, -0.15) is 0 Å². The second kappa shape index (κ2) is 7.92. The van der Waals surface area contributed by atoms with Gasteiger partial charge in [0.15, 0.2) is 18.1 Å². The molecule has 1 amide bonds. The summed E-state index contributed by atoms with van der Waals surface area (Å²) < 4.78 is 16.1. The van der Waals surface area contributed by atoms with Gasteiger partial charge in [0.25, 0.3) is 5.91 Å². The van der Waals surface area contributed by atoms with E-state index in [0.717, 1.165) is 18.6 Å². The van der Waals surface area contributed by atoms with E-state index < -0.39 is 0 Å². The number of carbonyl (C=O) groups is 1. The van der Waals surface area contributed by atoms with Crippen molar-refractivity contribution < 1.29 is 19.0 Å². The number of hydrogen-bond donors (Lipinski definition) is 1. The molecule has 2 aromatic carbocycles. The van der Waals surface area contributed by atoms with E-state index >= 15 is 0 Å². The zero-order valence-electron chi connectivity index (χ0n) is 14.6. The van der Waals surface area contributed by atoms with Crippen molar-refractivity contribution in [2.75, 3.05) is 26.1 Å². The van der Waals surface area contributed by atoms with Gasteiger partial charge in [0.1, 0.15) is 5.75 Å². The van der Waals surface area contributed by atoms with E-state index in [-0.39, 0.29) is 12.5 Å². The normalized spacial score (nSPS) is 12.9. The molecule has 0 atom stereocenters. The number of benzene rings is 2. The molecule has 5 nitrogen and oxygen atoms in total. The molecular weight excluding hydrogens is 318 g/mol. The average Bonchev–Trinajstić information content (AvgIpc) is 2.66. The van der Waals surface area contributed by atoms with Gasteiger partial charge in [0, 0.05) is 11.8 Å². The van der Waals surface area contributed by atoms with Gasteiger partial charge in [-0.3, -0.25) is 4.79 Å². The number of aryl methyl sites for hydroxylation is 2. The van der Waals surface area contributed by atoms with Crippen LogP contribution >= 0.6 is 0 Å². The van der Waals surface area contributed by atoms with E-state index in [9.17, 15) is 4.79 Å². The molecular formula is C20H23NO4. The number of anilines is 1. The van der Waals surface area contributed by atoms with Crippen molar-refractivity contribution >= 4 is 11.6 Å². The van der Waals surface area contributed by atoms with Gasteiger partial charge >= 0.3 is 0 Å². The second-order valence-electron chi connectivity index (χ2n) is 6.04. The van der Waals surface area contributed by atoms with E-state index in [0.29, 0.717) is 17.2 Å². The van der Waals surface area contributed by atoms with Crippen LogP contribution in [0.15, 0.2) is 36.4 Å². The first-order valence-corrected chi connectivity index (χ1v) is 8.46. The van der Waals surface area contributed by atoms with E-state index in [1.807, 2.05) is 6.07 Å². The molecule has 0 aliphatic heterocycles. The maximum absolute atomic E-state index is 12.1. The van der Waals surface area contributed by atoms with E-state index in [2.05, 4.69) is 17.4 Å². The lowest BCUT2D eigenvalue weighted by atomic mass is 9.92. The second-order valence-corrected chi connectivity index (χ2v) is 6.04. The molecule has 0 aromatic heterocycles. The molecule has 0 spiro atoms. The largest absolute Gasteiger partial charge is 0.493 e. The van der Waals surface area contributed by atoms with Crippen molar-refractivity contribution in [3.63, 3.8) is 0 Å². The third-order valence-corrected chi connectivity index (χ3v) is 4.36. The average molecular weight is 341 g/mol. The minimum absolute atomic E-state index is 0.0346. The highest BCUT2D eigenvalue weighted by atomic mass is 16.5. The quantitative estimate of drug-likeness (QED) is 0.872. The van der Waals surface area contributed by atoms with Crippen molar-refractivity contribution in [2.24, 2.45) is 0 Å². The summed E-state index contributed by atoms with van der Waals surface area (Å²) in [4.78, 5) is 12.1. The van der Waals surface area contributed by atoms with Crippen molar-refractivity contribution in [1.82, 2.24) is 0 Å². The standard InChI is InChI=1S/C20H23NO4/c1-23-18-10-8-16(12-19(18)24-2)21-20(22)13-25-17-9-7-14-5-3-4-6-15(14)11-17/h7-12H,3-6,13H2,1-2H3,(H,21,22). The zero-order chi connectivity index (χ0) is 17.6. The molecule has 5 heteroatoms. The van der Waals surface area contributed by atoms with Crippen molar-refractivity contribution in [3.8, 4) is 17.2 Å². The number of ether oxygens (including phenoxy) is 3. The molecule has 3 rings (SSSR count). The van der Waals surface area contributed by atoms with E-state index in [4.69, 9.17) is 14.2 Å². The summed E-state index contributed by atoms with van der Waals surface area (Å²) in [6, 6.07) is 11.3. The molecule has 0 saturated heterocycles. The predicted molar refractivity (Wildman–Crippen MR) is 96.8 cm³/mol. The van der Waals surface area contributed by atoms with Crippen molar-refractivity contribution in [3.05, 3.63) is 47.5 Å². The van der Waals surface area contributed by atoms with Crippen LogP contribution in [0.2, 0.25) is 0 Å². The lowest BCUT2D eigenvalue weighted by Gasteiger charge is -2.16. The van der Waals surface area contributed by atoms with Gasteiger partial charge in [-0.05, 0) is 61.1 Å². The molecule has 0 bridgehead atoms. The number of fused-ring (bicyclic) bond motifs is 1. The van der Waals surface area contributed by atoms with Crippen LogP contribution in [0.3, 0.4) is 0 Å². The Kier molecular flexibility index (Phi) is 5.43. The summed E-state index contributed by atoms with van der Waals surface area (Å²) >= 11 is 0. The Morgan fingerprint density at radius 2 is 1.72 bits per heavy atom. The van der Waals surface area contributed by atoms with Crippen LogP contribution in [-0.4, -0.2) is 26.7 Å². The number of nitrogens with one attached hydrogen (secondary N) is 1. The Morgan fingerprint density at radius 1 is 0.960 bits per heavy atom. The van der Waals surface area contributed by atoms with Crippen molar-refractivity contribution in [2.45, 2.75) is 25.7 Å². The third kappa shape index (κ3) is 4.24. The molecule has 25 heavy (non-hydrogen) atoms. The van der Waals surface area contributed by atoms with Gasteiger partial charge in [0.05, 0.1) is 14.2 Å². The Morgan fingerprint density at radius 3 is 2.48 bits per heavy atom. The van der Waals surface area contributed by atoms with Crippen LogP contribution in [0, 0.1) is 0 Å². The molecule has 1 aliphatic rings. The highest BCUT2D eigenvalue weighted by Crippen LogP contribution is 2.30. The van der Waals surface area contributed by atoms with Crippen LogP contribution in [0.1, 0.15) is 24.0 Å². The van der Waals surface area contributed by atoms with E-state index in [1.54, 1.807) is 32.4 Å². The molecule has 0 radical (unpaired) electrons. The minimum atomic E-state index is -0.218. The van der Waals surface area contributed by atoms with Crippen LogP contribution in [0.4, 0.5) is 5.69 Å². The molecule has 0 heterocycles. The number of hydrogen-bond acceptors (Lipinski definition) is 4. The number of rotatable bonds is 6. The van der Waals surface area contributed by atoms with Crippen LogP contribution in [0.25, 0.3) is 0 Å². The highest BCUT2D eigenvalue weighted by molar-refractivity contribution is 5.92. The Balaban J connectivity index is 1.58.